The number of hydrogen-bond acceptors (Lipinski definition) is 8. The number of carboxylic acids is 2. The minimum atomic E-state index is -3.85. The van der Waals surface area contributed by atoms with Crippen molar-refractivity contribution in [3.8, 4) is 11.5 Å². The number of rotatable bonds is 11. The summed E-state index contributed by atoms with van der Waals surface area (Å²) in [5.41, 5.74) is 1.76. The number of carbonyl (C=O) groups is 3. The molecule has 214 valence electrons. The Morgan fingerprint density at radius 2 is 1.45 bits per heavy atom. The van der Waals surface area contributed by atoms with Gasteiger partial charge in [0, 0.05) is 18.7 Å². The molecule has 40 heavy (non-hydrogen) atoms. The summed E-state index contributed by atoms with van der Waals surface area (Å²) >= 11 is 0. The van der Waals surface area contributed by atoms with Gasteiger partial charge in [-0.05, 0) is 43.3 Å². The van der Waals surface area contributed by atoms with Gasteiger partial charge >= 0.3 is 11.9 Å². The second kappa shape index (κ2) is 15.1. The maximum absolute atomic E-state index is 13.3. The van der Waals surface area contributed by atoms with Gasteiger partial charge in [0.15, 0.2) is 0 Å². The van der Waals surface area contributed by atoms with Crippen LogP contribution < -0.4 is 24.4 Å². The Labute approximate surface area is 232 Å². The summed E-state index contributed by atoms with van der Waals surface area (Å²) < 4.78 is 38.6. The number of aliphatic carboxylic acids is 2. The van der Waals surface area contributed by atoms with Crippen molar-refractivity contribution >= 4 is 39.2 Å². The fourth-order valence-electron chi connectivity index (χ4n) is 3.51. The smallest absolute Gasteiger partial charge is 0.414 e. The van der Waals surface area contributed by atoms with Gasteiger partial charge in [0.1, 0.15) is 11.5 Å². The number of carbonyl (C=O) groups excluding carboxylic acids is 1. The second-order valence-corrected chi connectivity index (χ2v) is 9.80. The predicted octanol–water partition coefficient (Wildman–Crippen LogP) is 2.80. The average molecular weight is 574 g/mol. The highest BCUT2D eigenvalue weighted by Gasteiger charge is 2.25. The SMILES string of the molecule is CCN(c1ccccc1)S(=O)(=O)c1ccc(OC)c(NC(=O)CNCc2ccccc2OC)c1.O=C(O)C(=O)O. The van der Waals surface area contributed by atoms with Crippen molar-refractivity contribution in [3.05, 3.63) is 78.4 Å². The van der Waals surface area contributed by atoms with Crippen LogP contribution in [-0.4, -0.2) is 63.8 Å². The normalized spacial score (nSPS) is 10.5. The number of anilines is 2. The summed E-state index contributed by atoms with van der Waals surface area (Å²) in [5, 5.41) is 20.6. The van der Waals surface area contributed by atoms with E-state index >= 15 is 0 Å². The Hall–Kier alpha value is -4.62. The molecular weight excluding hydrogens is 542 g/mol. The summed E-state index contributed by atoms with van der Waals surface area (Å²) in [6, 6.07) is 20.8. The van der Waals surface area contributed by atoms with Gasteiger partial charge in [-0.15, -0.1) is 0 Å². The first-order valence-corrected chi connectivity index (χ1v) is 13.3. The zero-order valence-corrected chi connectivity index (χ0v) is 23.0. The lowest BCUT2D eigenvalue weighted by atomic mass is 10.2. The summed E-state index contributed by atoms with van der Waals surface area (Å²) in [5.74, 6) is -2.89. The number of para-hydroxylation sites is 2. The maximum Gasteiger partial charge on any atom is 0.414 e. The minimum Gasteiger partial charge on any atom is -0.496 e. The van der Waals surface area contributed by atoms with E-state index < -0.39 is 22.0 Å². The molecule has 0 bridgehead atoms. The number of sulfonamides is 1. The zero-order chi connectivity index (χ0) is 29.7. The summed E-state index contributed by atoms with van der Waals surface area (Å²) in [6.07, 6.45) is 0. The van der Waals surface area contributed by atoms with Crippen LogP contribution in [0.1, 0.15) is 12.5 Å². The van der Waals surface area contributed by atoms with Crippen LogP contribution in [0.3, 0.4) is 0 Å². The molecular formula is C27H31N3O9S. The van der Waals surface area contributed by atoms with E-state index in [1.165, 1.54) is 29.6 Å². The molecule has 0 unspecified atom stereocenters. The van der Waals surface area contributed by atoms with E-state index in [0.717, 1.165) is 11.3 Å². The van der Waals surface area contributed by atoms with E-state index in [4.69, 9.17) is 29.3 Å². The molecule has 3 rings (SSSR count). The third-order valence-electron chi connectivity index (χ3n) is 5.34. The van der Waals surface area contributed by atoms with Crippen molar-refractivity contribution in [3.63, 3.8) is 0 Å². The highest BCUT2D eigenvalue weighted by Crippen LogP contribution is 2.30. The van der Waals surface area contributed by atoms with Crippen molar-refractivity contribution in [1.82, 2.24) is 5.32 Å². The zero-order valence-electron chi connectivity index (χ0n) is 22.2. The lowest BCUT2D eigenvalue weighted by molar-refractivity contribution is -0.159. The fraction of sp³-hybridized carbons (Fsp3) is 0.222. The Morgan fingerprint density at radius 3 is 2.02 bits per heavy atom. The third kappa shape index (κ3) is 8.71. The van der Waals surface area contributed by atoms with Crippen LogP contribution in [0.25, 0.3) is 0 Å². The summed E-state index contributed by atoms with van der Waals surface area (Å²) in [6.45, 7) is 2.48. The van der Waals surface area contributed by atoms with Crippen LogP contribution in [0.2, 0.25) is 0 Å². The quantitative estimate of drug-likeness (QED) is 0.250. The van der Waals surface area contributed by atoms with Crippen LogP contribution in [0, 0.1) is 0 Å². The standard InChI is InChI=1S/C25H29N3O5S.C2H2O4/c1-4-28(20-11-6-5-7-12-20)34(30,31)21-14-15-24(33-3)22(16-21)27-25(29)18-26-17-19-10-8-9-13-23(19)32-2;3-1(4)2(5)6/h5-16,26H,4,17-18H2,1-3H3,(H,27,29);(H,3,4)(H,5,6). The Bertz CT molecular complexity index is 1400. The maximum atomic E-state index is 13.3. The van der Waals surface area contributed by atoms with Crippen molar-refractivity contribution < 1.29 is 42.5 Å². The largest absolute Gasteiger partial charge is 0.496 e. The van der Waals surface area contributed by atoms with E-state index in [0.29, 0.717) is 18.0 Å². The lowest BCUT2D eigenvalue weighted by Crippen LogP contribution is -2.31. The lowest BCUT2D eigenvalue weighted by Gasteiger charge is -2.23. The molecule has 4 N–H and O–H groups in total. The van der Waals surface area contributed by atoms with E-state index in [2.05, 4.69) is 10.6 Å². The second-order valence-electron chi connectivity index (χ2n) is 7.94. The van der Waals surface area contributed by atoms with Crippen LogP contribution in [0.5, 0.6) is 11.5 Å². The van der Waals surface area contributed by atoms with Gasteiger partial charge in [0.05, 0.1) is 37.0 Å². The van der Waals surface area contributed by atoms with Crippen LogP contribution in [0.15, 0.2) is 77.7 Å². The number of amides is 1. The minimum absolute atomic E-state index is 0.0171. The highest BCUT2D eigenvalue weighted by molar-refractivity contribution is 7.92. The monoisotopic (exact) mass is 573 g/mol. The molecule has 0 aromatic heterocycles. The van der Waals surface area contributed by atoms with E-state index in [9.17, 15) is 13.2 Å². The van der Waals surface area contributed by atoms with E-state index in [-0.39, 0.29) is 29.6 Å². The number of benzene rings is 3. The van der Waals surface area contributed by atoms with Gasteiger partial charge in [-0.2, -0.15) is 0 Å². The van der Waals surface area contributed by atoms with Gasteiger partial charge in [0.2, 0.25) is 5.91 Å². The molecule has 3 aromatic rings. The van der Waals surface area contributed by atoms with Crippen LogP contribution in [0.4, 0.5) is 11.4 Å². The van der Waals surface area contributed by atoms with Crippen molar-refractivity contribution in [2.24, 2.45) is 0 Å². The Balaban J connectivity index is 0.000000840. The van der Waals surface area contributed by atoms with Gasteiger partial charge in [0.25, 0.3) is 10.0 Å². The Morgan fingerprint density at radius 1 is 0.850 bits per heavy atom. The number of hydrogen-bond donors (Lipinski definition) is 4. The molecule has 12 nitrogen and oxygen atoms in total. The first-order valence-electron chi connectivity index (χ1n) is 11.9. The van der Waals surface area contributed by atoms with Gasteiger partial charge in [-0.3, -0.25) is 9.10 Å². The van der Waals surface area contributed by atoms with Crippen LogP contribution in [-0.2, 0) is 31.0 Å². The molecule has 0 atom stereocenters. The molecule has 1 amide bonds. The molecule has 0 aliphatic carbocycles. The molecule has 0 saturated heterocycles. The predicted molar refractivity (Wildman–Crippen MR) is 148 cm³/mol. The molecule has 13 heteroatoms. The molecule has 0 radical (unpaired) electrons. The van der Waals surface area contributed by atoms with Crippen molar-refractivity contribution in [2.45, 2.75) is 18.4 Å². The molecule has 0 aliphatic heterocycles. The highest BCUT2D eigenvalue weighted by atomic mass is 32.2. The van der Waals surface area contributed by atoms with Gasteiger partial charge in [-0.25, -0.2) is 18.0 Å². The number of carboxylic acid groups (broad SMARTS) is 2. The van der Waals surface area contributed by atoms with Crippen molar-refractivity contribution in [1.29, 1.82) is 0 Å². The van der Waals surface area contributed by atoms with Gasteiger partial charge in [-0.1, -0.05) is 36.4 Å². The van der Waals surface area contributed by atoms with Crippen LogP contribution >= 0.6 is 0 Å². The Kier molecular flexibility index (Phi) is 11.9. The third-order valence-corrected chi connectivity index (χ3v) is 7.24. The topological polar surface area (TPSA) is 172 Å². The van der Waals surface area contributed by atoms with Crippen molar-refractivity contribution in [2.75, 3.05) is 36.9 Å². The molecule has 0 spiro atoms. The molecule has 3 aromatic carbocycles. The number of ether oxygens (including phenoxy) is 2. The first-order chi connectivity index (χ1) is 19.0. The number of nitrogens with zero attached hydrogens (tertiary/aromatic N) is 1. The van der Waals surface area contributed by atoms with Gasteiger partial charge < -0.3 is 30.3 Å². The molecule has 0 fully saturated rings. The van der Waals surface area contributed by atoms with E-state index in [1.807, 2.05) is 30.3 Å². The average Bonchev–Trinajstić information content (AvgIpc) is 2.94. The summed E-state index contributed by atoms with van der Waals surface area (Å²) in [7, 11) is -0.798. The fourth-order valence-corrected chi connectivity index (χ4v) is 5.01. The van der Waals surface area contributed by atoms with E-state index in [1.54, 1.807) is 38.3 Å². The first kappa shape index (κ1) is 31.6. The number of nitrogens with one attached hydrogen (secondary N) is 2. The molecule has 0 heterocycles. The number of methoxy groups -OCH3 is 2. The molecule has 0 saturated carbocycles. The molecule has 0 aliphatic rings. The summed E-state index contributed by atoms with van der Waals surface area (Å²) in [4.78, 5) is 30.8.